The minimum absolute atomic E-state index is 0.0676. The zero-order valence-corrected chi connectivity index (χ0v) is 14.1. The molecule has 0 bridgehead atoms. The molecule has 126 valence electrons. The number of nitrogens with one attached hydrogen (secondary N) is 1. The molecule has 1 saturated carbocycles. The van der Waals surface area contributed by atoms with Gasteiger partial charge in [-0.3, -0.25) is 4.79 Å². The summed E-state index contributed by atoms with van der Waals surface area (Å²) in [7, 11) is 1.58. The Bertz CT molecular complexity index is 699. The summed E-state index contributed by atoms with van der Waals surface area (Å²) in [5.41, 5.74) is 1.67. The molecule has 2 atom stereocenters. The maximum Gasteiger partial charge on any atom is 0.251 e. The molecule has 0 spiro atoms. The van der Waals surface area contributed by atoms with Gasteiger partial charge in [-0.15, -0.1) is 0 Å². The molecule has 1 amide bonds. The lowest BCUT2D eigenvalue weighted by atomic mass is 10.2. The van der Waals surface area contributed by atoms with Gasteiger partial charge in [-0.2, -0.15) is 0 Å². The number of rotatable bonds is 7. The second-order valence-electron chi connectivity index (χ2n) is 6.32. The fraction of sp³-hybridized carbons (Fsp3) is 0.350. The highest BCUT2D eigenvalue weighted by Gasteiger charge is 2.32. The topological polar surface area (TPSA) is 47.6 Å². The van der Waals surface area contributed by atoms with Gasteiger partial charge in [0.05, 0.1) is 7.11 Å². The van der Waals surface area contributed by atoms with Crippen molar-refractivity contribution < 1.29 is 14.3 Å². The lowest BCUT2D eigenvalue weighted by Crippen LogP contribution is -2.25. The highest BCUT2D eigenvalue weighted by Crippen LogP contribution is 2.36. The molecule has 1 aliphatic carbocycles. The SMILES string of the molecule is COc1cc(C(=O)NC[C@H]2C[C@H]2C)ccc1OCc1ccccc1. The molecule has 0 heterocycles. The first-order valence-electron chi connectivity index (χ1n) is 8.30. The van der Waals surface area contributed by atoms with Crippen molar-refractivity contribution in [2.75, 3.05) is 13.7 Å². The van der Waals surface area contributed by atoms with Crippen molar-refractivity contribution in [1.82, 2.24) is 5.32 Å². The third kappa shape index (κ3) is 4.07. The molecule has 2 aromatic rings. The van der Waals surface area contributed by atoms with Crippen molar-refractivity contribution in [3.63, 3.8) is 0 Å². The van der Waals surface area contributed by atoms with E-state index in [1.807, 2.05) is 30.3 Å². The van der Waals surface area contributed by atoms with Crippen molar-refractivity contribution in [2.24, 2.45) is 11.8 Å². The lowest BCUT2D eigenvalue weighted by molar-refractivity contribution is 0.0951. The number of amides is 1. The first-order chi connectivity index (χ1) is 11.7. The first kappa shape index (κ1) is 16.4. The number of carbonyl (C=O) groups is 1. The molecular formula is C20H23NO3. The molecule has 0 radical (unpaired) electrons. The fourth-order valence-electron chi connectivity index (χ4n) is 2.67. The number of benzene rings is 2. The quantitative estimate of drug-likeness (QED) is 0.845. The Balaban J connectivity index is 1.62. The molecule has 0 unspecified atom stereocenters. The van der Waals surface area contributed by atoms with Gasteiger partial charge in [-0.1, -0.05) is 37.3 Å². The third-order valence-corrected chi connectivity index (χ3v) is 4.46. The summed E-state index contributed by atoms with van der Waals surface area (Å²) in [5, 5.41) is 2.98. The Hall–Kier alpha value is -2.49. The molecular weight excluding hydrogens is 302 g/mol. The number of ether oxygens (including phenoxy) is 2. The Morgan fingerprint density at radius 2 is 1.92 bits per heavy atom. The standard InChI is InChI=1S/C20H23NO3/c1-14-10-17(14)12-21-20(22)16-8-9-18(19(11-16)23-2)24-13-15-6-4-3-5-7-15/h3-9,11,14,17H,10,12-13H2,1-2H3,(H,21,22)/t14-,17-/m1/s1. The molecule has 2 aromatic carbocycles. The van der Waals surface area contributed by atoms with Crippen LogP contribution in [0.5, 0.6) is 11.5 Å². The highest BCUT2D eigenvalue weighted by molar-refractivity contribution is 5.94. The summed E-state index contributed by atoms with van der Waals surface area (Å²) in [5.74, 6) is 2.49. The van der Waals surface area contributed by atoms with Crippen LogP contribution in [0.3, 0.4) is 0 Å². The minimum Gasteiger partial charge on any atom is -0.493 e. The molecule has 1 fully saturated rings. The van der Waals surface area contributed by atoms with Gasteiger partial charge < -0.3 is 14.8 Å². The second-order valence-corrected chi connectivity index (χ2v) is 6.32. The van der Waals surface area contributed by atoms with Crippen LogP contribution in [0.15, 0.2) is 48.5 Å². The van der Waals surface area contributed by atoms with E-state index in [9.17, 15) is 4.79 Å². The minimum atomic E-state index is -0.0676. The molecule has 3 rings (SSSR count). The zero-order chi connectivity index (χ0) is 16.9. The van der Waals surface area contributed by atoms with Crippen molar-refractivity contribution in [2.45, 2.75) is 20.0 Å². The molecule has 4 heteroatoms. The smallest absolute Gasteiger partial charge is 0.251 e. The lowest BCUT2D eigenvalue weighted by Gasteiger charge is -2.12. The van der Waals surface area contributed by atoms with E-state index >= 15 is 0 Å². The van der Waals surface area contributed by atoms with Crippen LogP contribution in [0.1, 0.15) is 29.3 Å². The van der Waals surface area contributed by atoms with Gasteiger partial charge in [0.15, 0.2) is 11.5 Å². The number of methoxy groups -OCH3 is 1. The summed E-state index contributed by atoms with van der Waals surface area (Å²) in [4.78, 5) is 12.2. The van der Waals surface area contributed by atoms with E-state index in [4.69, 9.17) is 9.47 Å². The normalized spacial score (nSPS) is 18.8. The molecule has 0 aromatic heterocycles. The molecule has 1 N–H and O–H groups in total. The number of hydrogen-bond donors (Lipinski definition) is 1. The van der Waals surface area contributed by atoms with Gasteiger partial charge in [-0.05, 0) is 42.0 Å². The third-order valence-electron chi connectivity index (χ3n) is 4.46. The number of carbonyl (C=O) groups excluding carboxylic acids is 1. The Kier molecular flexibility index (Phi) is 5.04. The van der Waals surface area contributed by atoms with Crippen LogP contribution in [-0.2, 0) is 6.61 Å². The zero-order valence-electron chi connectivity index (χ0n) is 14.1. The highest BCUT2D eigenvalue weighted by atomic mass is 16.5. The monoisotopic (exact) mass is 325 g/mol. The van der Waals surface area contributed by atoms with Gasteiger partial charge in [0, 0.05) is 12.1 Å². The Morgan fingerprint density at radius 3 is 2.58 bits per heavy atom. The van der Waals surface area contributed by atoms with Crippen LogP contribution >= 0.6 is 0 Å². The maximum absolute atomic E-state index is 12.2. The van der Waals surface area contributed by atoms with Crippen molar-refractivity contribution in [1.29, 1.82) is 0 Å². The van der Waals surface area contributed by atoms with Crippen LogP contribution in [0.2, 0.25) is 0 Å². The van der Waals surface area contributed by atoms with E-state index in [0.717, 1.165) is 18.0 Å². The summed E-state index contributed by atoms with van der Waals surface area (Å²) in [6, 6.07) is 15.2. The predicted octanol–water partition coefficient (Wildman–Crippen LogP) is 3.66. The summed E-state index contributed by atoms with van der Waals surface area (Å²) < 4.78 is 11.2. The van der Waals surface area contributed by atoms with Crippen molar-refractivity contribution in [3.8, 4) is 11.5 Å². The van der Waals surface area contributed by atoms with Crippen molar-refractivity contribution >= 4 is 5.91 Å². The van der Waals surface area contributed by atoms with Gasteiger partial charge in [0.25, 0.3) is 5.91 Å². The van der Waals surface area contributed by atoms with Crippen LogP contribution in [0, 0.1) is 11.8 Å². The van der Waals surface area contributed by atoms with Crippen molar-refractivity contribution in [3.05, 3.63) is 59.7 Å². The van der Waals surface area contributed by atoms with Gasteiger partial charge in [0.1, 0.15) is 6.61 Å². The Morgan fingerprint density at radius 1 is 1.17 bits per heavy atom. The molecule has 1 aliphatic rings. The number of hydrogen-bond acceptors (Lipinski definition) is 3. The van der Waals surface area contributed by atoms with E-state index in [2.05, 4.69) is 12.2 Å². The molecule has 24 heavy (non-hydrogen) atoms. The molecule has 0 saturated heterocycles. The summed E-state index contributed by atoms with van der Waals surface area (Å²) >= 11 is 0. The molecule has 4 nitrogen and oxygen atoms in total. The second kappa shape index (κ2) is 7.39. The van der Waals surface area contributed by atoms with Gasteiger partial charge >= 0.3 is 0 Å². The van der Waals surface area contributed by atoms with E-state index in [-0.39, 0.29) is 5.91 Å². The first-order valence-corrected chi connectivity index (χ1v) is 8.30. The largest absolute Gasteiger partial charge is 0.493 e. The predicted molar refractivity (Wildman–Crippen MR) is 93.4 cm³/mol. The fourth-order valence-corrected chi connectivity index (χ4v) is 2.67. The van der Waals surface area contributed by atoms with E-state index in [1.54, 1.807) is 25.3 Å². The summed E-state index contributed by atoms with van der Waals surface area (Å²) in [6.07, 6.45) is 1.20. The van der Waals surface area contributed by atoms with Gasteiger partial charge in [-0.25, -0.2) is 0 Å². The summed E-state index contributed by atoms with van der Waals surface area (Å²) in [6.45, 7) is 3.41. The Labute approximate surface area is 142 Å². The maximum atomic E-state index is 12.2. The van der Waals surface area contributed by atoms with E-state index in [1.165, 1.54) is 6.42 Å². The average molecular weight is 325 g/mol. The van der Waals surface area contributed by atoms with Crippen LogP contribution < -0.4 is 14.8 Å². The van der Waals surface area contributed by atoms with E-state index in [0.29, 0.717) is 29.6 Å². The van der Waals surface area contributed by atoms with E-state index < -0.39 is 0 Å². The molecule has 0 aliphatic heterocycles. The van der Waals surface area contributed by atoms with Gasteiger partial charge in [0.2, 0.25) is 0 Å². The van der Waals surface area contributed by atoms with Crippen LogP contribution in [-0.4, -0.2) is 19.6 Å². The average Bonchev–Trinajstić information content (AvgIpc) is 3.34. The van der Waals surface area contributed by atoms with Crippen LogP contribution in [0.25, 0.3) is 0 Å². The van der Waals surface area contributed by atoms with Crippen LogP contribution in [0.4, 0.5) is 0 Å².